The van der Waals surface area contributed by atoms with Crippen LogP contribution in [0.4, 0.5) is 18.9 Å². The highest BCUT2D eigenvalue weighted by Crippen LogP contribution is 2.48. The Hall–Kier alpha value is -2.14. The number of hydrogen-bond acceptors (Lipinski definition) is 5. The van der Waals surface area contributed by atoms with E-state index in [2.05, 4.69) is 10.2 Å². The van der Waals surface area contributed by atoms with Crippen LogP contribution in [0, 0.1) is 29.3 Å². The molecule has 5 rings (SSSR count). The number of sulfone groups is 1. The zero-order valence-electron chi connectivity index (χ0n) is 19.4. The molecule has 1 aliphatic heterocycles. The molecule has 0 spiro atoms. The van der Waals surface area contributed by atoms with E-state index in [-0.39, 0.29) is 33.0 Å². The molecule has 2 bridgehead atoms. The van der Waals surface area contributed by atoms with Crippen LogP contribution in [0.1, 0.15) is 36.0 Å². The SMILES string of the molecule is O=C(Nc1cc(F)c(F)c(F)c1)c1ccc(Cl)c(S(=O)(=O)C2CC3CCC(C2)C3N2CCOCC2)c1. The Balaban J connectivity index is 1.36. The maximum atomic E-state index is 13.7. The number of anilines is 1. The Morgan fingerprint density at radius 3 is 2.22 bits per heavy atom. The number of carbonyl (C=O) groups is 1. The fraction of sp³-hybridized carbons (Fsp3) is 0.480. The monoisotopic (exact) mass is 542 g/mol. The highest BCUT2D eigenvalue weighted by atomic mass is 35.5. The van der Waals surface area contributed by atoms with Crippen molar-refractivity contribution in [3.05, 3.63) is 58.4 Å². The molecule has 3 aliphatic rings. The number of rotatable bonds is 5. The van der Waals surface area contributed by atoms with Gasteiger partial charge in [-0.1, -0.05) is 11.6 Å². The molecule has 2 aromatic rings. The van der Waals surface area contributed by atoms with Gasteiger partial charge in [-0.25, -0.2) is 21.6 Å². The van der Waals surface area contributed by atoms with Crippen LogP contribution in [0.2, 0.25) is 5.02 Å². The standard InChI is InChI=1S/C25H26ClF3N2O4S/c26-19-4-3-16(25(32)30-17-12-20(27)23(29)21(28)13-17)11-22(19)36(33,34)18-9-14-1-2-15(10-18)24(14)31-5-7-35-8-6-31/h3-4,11-15,18,24H,1-2,5-10H2,(H,30,32). The summed E-state index contributed by atoms with van der Waals surface area (Å²) in [5.41, 5.74) is -0.346. The molecule has 0 aromatic heterocycles. The number of amides is 1. The first-order valence-corrected chi connectivity index (χ1v) is 13.9. The number of carbonyl (C=O) groups excluding carboxylic acids is 1. The van der Waals surface area contributed by atoms with Crippen LogP contribution in [-0.4, -0.2) is 56.8 Å². The largest absolute Gasteiger partial charge is 0.379 e. The van der Waals surface area contributed by atoms with Crippen LogP contribution in [0.15, 0.2) is 35.2 Å². The third-order valence-corrected chi connectivity index (χ3v) is 10.3. The van der Waals surface area contributed by atoms with E-state index in [1.807, 2.05) is 0 Å². The molecule has 0 radical (unpaired) electrons. The number of ether oxygens (including phenoxy) is 1. The lowest BCUT2D eigenvalue weighted by Crippen LogP contribution is -2.51. The third kappa shape index (κ3) is 4.76. The number of nitrogens with one attached hydrogen (secondary N) is 1. The van der Waals surface area contributed by atoms with Crippen molar-refractivity contribution in [2.75, 3.05) is 31.6 Å². The summed E-state index contributed by atoms with van der Waals surface area (Å²) in [7, 11) is -3.85. The first kappa shape index (κ1) is 25.5. The van der Waals surface area contributed by atoms with E-state index < -0.39 is 38.4 Å². The minimum absolute atomic E-state index is 0.00747. The van der Waals surface area contributed by atoms with Gasteiger partial charge in [0.15, 0.2) is 27.3 Å². The molecule has 1 saturated heterocycles. The lowest BCUT2D eigenvalue weighted by molar-refractivity contribution is -0.0106. The Morgan fingerprint density at radius 1 is 1.00 bits per heavy atom. The highest BCUT2D eigenvalue weighted by molar-refractivity contribution is 7.92. The molecule has 36 heavy (non-hydrogen) atoms. The van der Waals surface area contributed by atoms with Crippen LogP contribution < -0.4 is 5.32 Å². The molecule has 2 aliphatic carbocycles. The summed E-state index contributed by atoms with van der Waals surface area (Å²) in [4.78, 5) is 15.0. The lowest BCUT2D eigenvalue weighted by atomic mass is 9.82. The first-order valence-electron chi connectivity index (χ1n) is 12.0. The summed E-state index contributed by atoms with van der Waals surface area (Å²) in [6.45, 7) is 3.11. The van der Waals surface area contributed by atoms with Crippen molar-refractivity contribution in [2.24, 2.45) is 11.8 Å². The number of hydrogen-bond donors (Lipinski definition) is 1. The van der Waals surface area contributed by atoms with Crippen LogP contribution in [0.5, 0.6) is 0 Å². The fourth-order valence-corrected chi connectivity index (χ4v) is 8.47. The van der Waals surface area contributed by atoms with Gasteiger partial charge in [-0.15, -0.1) is 0 Å². The van der Waals surface area contributed by atoms with Crippen molar-refractivity contribution >= 4 is 33.0 Å². The molecule has 11 heteroatoms. The number of benzene rings is 2. The minimum atomic E-state index is -3.85. The maximum absolute atomic E-state index is 13.7. The average molecular weight is 543 g/mol. The van der Waals surface area contributed by atoms with E-state index in [4.69, 9.17) is 16.3 Å². The van der Waals surface area contributed by atoms with Gasteiger partial charge in [0.1, 0.15) is 0 Å². The minimum Gasteiger partial charge on any atom is -0.379 e. The second-order valence-corrected chi connectivity index (χ2v) is 12.3. The lowest BCUT2D eigenvalue weighted by Gasteiger charge is -2.43. The van der Waals surface area contributed by atoms with Gasteiger partial charge in [-0.05, 0) is 55.7 Å². The number of morpholine rings is 1. The quantitative estimate of drug-likeness (QED) is 0.556. The van der Waals surface area contributed by atoms with Crippen molar-refractivity contribution in [2.45, 2.75) is 41.9 Å². The smallest absolute Gasteiger partial charge is 0.255 e. The van der Waals surface area contributed by atoms with Gasteiger partial charge in [0.2, 0.25) is 0 Å². The van der Waals surface area contributed by atoms with E-state index >= 15 is 0 Å². The van der Waals surface area contributed by atoms with E-state index in [0.717, 1.165) is 25.9 Å². The van der Waals surface area contributed by atoms with Gasteiger partial charge in [-0.3, -0.25) is 9.69 Å². The van der Waals surface area contributed by atoms with Crippen molar-refractivity contribution in [3.8, 4) is 0 Å². The molecular weight excluding hydrogens is 517 g/mol. The Labute approximate surface area is 212 Å². The van der Waals surface area contributed by atoms with E-state index in [9.17, 15) is 26.4 Å². The van der Waals surface area contributed by atoms with Gasteiger partial charge in [0.05, 0.1) is 28.4 Å². The van der Waals surface area contributed by atoms with Crippen LogP contribution >= 0.6 is 11.6 Å². The van der Waals surface area contributed by atoms with Gasteiger partial charge < -0.3 is 10.1 Å². The zero-order chi connectivity index (χ0) is 25.6. The van der Waals surface area contributed by atoms with Crippen molar-refractivity contribution in [1.29, 1.82) is 0 Å². The summed E-state index contributed by atoms with van der Waals surface area (Å²) in [5, 5.41) is 1.67. The highest BCUT2D eigenvalue weighted by Gasteiger charge is 2.49. The average Bonchev–Trinajstić information content (AvgIpc) is 3.11. The summed E-state index contributed by atoms with van der Waals surface area (Å²) in [6, 6.07) is 5.50. The molecule has 1 N–H and O–H groups in total. The Morgan fingerprint density at radius 2 is 1.61 bits per heavy atom. The number of nitrogens with zero attached hydrogens (tertiary/aromatic N) is 1. The van der Waals surface area contributed by atoms with Crippen LogP contribution in [0.25, 0.3) is 0 Å². The second kappa shape index (κ2) is 9.96. The Kier molecular flexibility index (Phi) is 7.06. The summed E-state index contributed by atoms with van der Waals surface area (Å²) in [6.07, 6.45) is 3.03. The maximum Gasteiger partial charge on any atom is 0.255 e. The Bertz CT molecular complexity index is 1250. The van der Waals surface area contributed by atoms with Gasteiger partial charge in [-0.2, -0.15) is 0 Å². The zero-order valence-corrected chi connectivity index (χ0v) is 20.9. The summed E-state index contributed by atoms with van der Waals surface area (Å²) in [5.74, 6) is -4.81. The van der Waals surface area contributed by atoms with Gasteiger partial charge in [0.25, 0.3) is 5.91 Å². The summed E-state index contributed by atoms with van der Waals surface area (Å²) < 4.78 is 73.1. The molecule has 1 heterocycles. The molecule has 1 amide bonds. The molecule has 2 aromatic carbocycles. The van der Waals surface area contributed by atoms with Crippen molar-refractivity contribution in [3.63, 3.8) is 0 Å². The fourth-order valence-electron chi connectivity index (χ4n) is 6.04. The molecule has 3 fully saturated rings. The van der Waals surface area contributed by atoms with Crippen molar-refractivity contribution in [1.82, 2.24) is 4.90 Å². The van der Waals surface area contributed by atoms with Crippen LogP contribution in [-0.2, 0) is 14.6 Å². The molecule has 194 valence electrons. The van der Waals surface area contributed by atoms with E-state index in [1.165, 1.54) is 18.2 Å². The first-order chi connectivity index (χ1) is 17.1. The molecule has 2 unspecified atom stereocenters. The van der Waals surface area contributed by atoms with E-state index in [0.29, 0.717) is 44.2 Å². The van der Waals surface area contributed by atoms with Gasteiger partial charge in [0, 0.05) is 42.5 Å². The topological polar surface area (TPSA) is 75.7 Å². The van der Waals surface area contributed by atoms with E-state index in [1.54, 1.807) is 0 Å². The molecule has 2 saturated carbocycles. The second-order valence-electron chi connectivity index (χ2n) is 9.73. The number of fused-ring (bicyclic) bond motifs is 2. The molecule has 2 atom stereocenters. The predicted octanol–water partition coefficient (Wildman–Crippen LogP) is 4.67. The molecular formula is C25H26ClF3N2O4S. The van der Waals surface area contributed by atoms with Crippen molar-refractivity contribution < 1.29 is 31.1 Å². The van der Waals surface area contributed by atoms with Crippen LogP contribution in [0.3, 0.4) is 0 Å². The summed E-state index contributed by atoms with van der Waals surface area (Å²) >= 11 is 6.29. The predicted molar refractivity (Wildman–Crippen MR) is 128 cm³/mol. The number of halogens is 4. The third-order valence-electron chi connectivity index (χ3n) is 7.65. The normalized spacial score (nSPS) is 26.7. The van der Waals surface area contributed by atoms with Gasteiger partial charge >= 0.3 is 0 Å². The molecule has 6 nitrogen and oxygen atoms in total.